The molecule has 3 unspecified atom stereocenters. The van der Waals surface area contributed by atoms with E-state index in [1.807, 2.05) is 20.8 Å². The smallest absolute Gasteiger partial charge is 0.407 e. The molecule has 0 saturated carbocycles. The van der Waals surface area contributed by atoms with Crippen LogP contribution in [0.25, 0.3) is 0 Å². The third-order valence-corrected chi connectivity index (χ3v) is 4.22. The normalized spacial score (nSPS) is 23.4. The third-order valence-electron chi connectivity index (χ3n) is 4.22. The highest BCUT2D eigenvalue weighted by Gasteiger charge is 2.22. The summed E-state index contributed by atoms with van der Waals surface area (Å²) in [4.78, 5) is 11.8. The Labute approximate surface area is 142 Å². The van der Waals surface area contributed by atoms with Crippen LogP contribution < -0.4 is 10.6 Å². The molecule has 1 aliphatic carbocycles. The molecule has 3 atom stereocenters. The van der Waals surface area contributed by atoms with Crippen LogP contribution in [0.5, 0.6) is 0 Å². The second kappa shape index (κ2) is 8.72. The molecule has 0 heterocycles. The Bertz CT molecular complexity index is 410. The highest BCUT2D eigenvalue weighted by molar-refractivity contribution is 5.67. The number of amides is 1. The maximum atomic E-state index is 11.8. The fraction of sp³-hybridized carbons (Fsp3) is 0.842. The van der Waals surface area contributed by atoms with Crippen LogP contribution in [0.15, 0.2) is 11.6 Å². The number of allylic oxidation sites excluding steroid dienone is 2. The first-order chi connectivity index (χ1) is 10.6. The van der Waals surface area contributed by atoms with Crippen molar-refractivity contribution in [3.05, 3.63) is 11.6 Å². The minimum Gasteiger partial charge on any atom is -0.444 e. The van der Waals surface area contributed by atoms with E-state index < -0.39 is 5.60 Å². The van der Waals surface area contributed by atoms with Gasteiger partial charge in [0, 0.05) is 12.6 Å². The van der Waals surface area contributed by atoms with Crippen molar-refractivity contribution >= 4 is 6.09 Å². The van der Waals surface area contributed by atoms with Crippen LogP contribution >= 0.6 is 0 Å². The lowest BCUT2D eigenvalue weighted by atomic mass is 9.83. The van der Waals surface area contributed by atoms with Crippen molar-refractivity contribution in [2.45, 2.75) is 73.0 Å². The van der Waals surface area contributed by atoms with Crippen molar-refractivity contribution in [3.8, 4) is 0 Å². The maximum absolute atomic E-state index is 11.8. The minimum atomic E-state index is -0.451. The Kier molecular flexibility index (Phi) is 7.59. The summed E-state index contributed by atoms with van der Waals surface area (Å²) in [5.41, 5.74) is 1.05. The van der Waals surface area contributed by atoms with Crippen molar-refractivity contribution in [3.63, 3.8) is 0 Å². The zero-order chi connectivity index (χ0) is 17.6. The van der Waals surface area contributed by atoms with Crippen molar-refractivity contribution in [2.75, 3.05) is 13.1 Å². The van der Waals surface area contributed by atoms with Gasteiger partial charge < -0.3 is 15.4 Å². The molecule has 134 valence electrons. The van der Waals surface area contributed by atoms with Gasteiger partial charge in [0.2, 0.25) is 0 Å². The number of hydrogen-bond donors (Lipinski definition) is 2. The minimum absolute atomic E-state index is 0.268. The Balaban J connectivity index is 2.41. The number of nitrogens with one attached hydrogen (secondary N) is 2. The summed E-state index contributed by atoms with van der Waals surface area (Å²) in [5.74, 6) is 1.83. The standard InChI is InChI=1S/C19H36N2O2/c1-13(2)17(12-21-18(22)23-19(5,6)7)20-11-16-9-14(3)8-15(4)10-16/h8,13-14,16-17,20H,9-12H2,1-7H3,(H,21,22). The predicted molar refractivity (Wildman–Crippen MR) is 96.5 cm³/mol. The van der Waals surface area contributed by atoms with E-state index in [0.717, 1.165) is 6.54 Å². The van der Waals surface area contributed by atoms with E-state index in [2.05, 4.69) is 44.4 Å². The monoisotopic (exact) mass is 324 g/mol. The van der Waals surface area contributed by atoms with Crippen molar-refractivity contribution < 1.29 is 9.53 Å². The summed E-state index contributed by atoms with van der Waals surface area (Å²) < 4.78 is 5.31. The number of hydrogen-bond acceptors (Lipinski definition) is 3. The number of alkyl carbamates (subject to hydrolysis) is 1. The van der Waals surface area contributed by atoms with Crippen LogP contribution in [0, 0.1) is 17.8 Å². The lowest BCUT2D eigenvalue weighted by molar-refractivity contribution is 0.0519. The predicted octanol–water partition coefficient (Wildman–Crippen LogP) is 4.12. The Morgan fingerprint density at radius 1 is 1.39 bits per heavy atom. The molecule has 4 heteroatoms. The topological polar surface area (TPSA) is 50.4 Å². The fourth-order valence-electron chi connectivity index (χ4n) is 3.21. The lowest BCUT2D eigenvalue weighted by Crippen LogP contribution is -2.47. The first kappa shape index (κ1) is 20.0. The van der Waals surface area contributed by atoms with Crippen LogP contribution in [0.4, 0.5) is 4.79 Å². The van der Waals surface area contributed by atoms with Crippen LogP contribution in [-0.2, 0) is 4.74 Å². The Hall–Kier alpha value is -1.03. The fourth-order valence-corrected chi connectivity index (χ4v) is 3.21. The summed E-state index contributed by atoms with van der Waals surface area (Å²) in [6.45, 7) is 16.1. The third kappa shape index (κ3) is 8.40. The molecular formula is C19H36N2O2. The van der Waals surface area contributed by atoms with E-state index in [-0.39, 0.29) is 12.1 Å². The van der Waals surface area contributed by atoms with E-state index in [9.17, 15) is 4.79 Å². The van der Waals surface area contributed by atoms with Gasteiger partial charge in [0.15, 0.2) is 0 Å². The summed E-state index contributed by atoms with van der Waals surface area (Å²) in [6.07, 6.45) is 4.48. The molecule has 0 radical (unpaired) electrons. The Morgan fingerprint density at radius 2 is 2.04 bits per heavy atom. The number of ether oxygens (including phenoxy) is 1. The van der Waals surface area contributed by atoms with Gasteiger partial charge >= 0.3 is 6.09 Å². The SMILES string of the molecule is CC1=CC(C)CC(CNC(CNC(=O)OC(C)(C)C)C(C)C)C1. The van der Waals surface area contributed by atoms with E-state index in [1.54, 1.807) is 0 Å². The molecular weight excluding hydrogens is 288 g/mol. The highest BCUT2D eigenvalue weighted by atomic mass is 16.6. The summed E-state index contributed by atoms with van der Waals surface area (Å²) in [7, 11) is 0. The van der Waals surface area contributed by atoms with E-state index in [1.165, 1.54) is 18.4 Å². The molecule has 0 saturated heterocycles. The van der Waals surface area contributed by atoms with E-state index in [0.29, 0.717) is 24.3 Å². The van der Waals surface area contributed by atoms with Gasteiger partial charge in [-0.3, -0.25) is 0 Å². The van der Waals surface area contributed by atoms with E-state index >= 15 is 0 Å². The molecule has 0 aliphatic heterocycles. The molecule has 0 aromatic carbocycles. The molecule has 2 N–H and O–H groups in total. The molecule has 1 rings (SSSR count). The second-order valence-corrected chi connectivity index (χ2v) is 8.44. The molecule has 4 nitrogen and oxygen atoms in total. The maximum Gasteiger partial charge on any atom is 0.407 e. The van der Waals surface area contributed by atoms with Crippen molar-refractivity contribution in [1.82, 2.24) is 10.6 Å². The van der Waals surface area contributed by atoms with Crippen LogP contribution in [0.1, 0.15) is 61.3 Å². The van der Waals surface area contributed by atoms with E-state index in [4.69, 9.17) is 4.74 Å². The number of carbonyl (C=O) groups excluding carboxylic acids is 1. The summed E-state index contributed by atoms with van der Waals surface area (Å²) >= 11 is 0. The van der Waals surface area contributed by atoms with Gasteiger partial charge in [0.1, 0.15) is 5.60 Å². The number of carbonyl (C=O) groups is 1. The first-order valence-corrected chi connectivity index (χ1v) is 8.94. The largest absolute Gasteiger partial charge is 0.444 e. The summed E-state index contributed by atoms with van der Waals surface area (Å²) in [6, 6.07) is 0.268. The zero-order valence-corrected chi connectivity index (χ0v) is 16.0. The van der Waals surface area contributed by atoms with Crippen molar-refractivity contribution in [1.29, 1.82) is 0 Å². The van der Waals surface area contributed by atoms with Crippen LogP contribution in [-0.4, -0.2) is 30.8 Å². The van der Waals surface area contributed by atoms with Crippen molar-refractivity contribution in [2.24, 2.45) is 17.8 Å². The van der Waals surface area contributed by atoms with Gasteiger partial charge in [-0.2, -0.15) is 0 Å². The zero-order valence-electron chi connectivity index (χ0n) is 16.0. The van der Waals surface area contributed by atoms with Crippen LogP contribution in [0.2, 0.25) is 0 Å². The first-order valence-electron chi connectivity index (χ1n) is 8.94. The van der Waals surface area contributed by atoms with Gasteiger partial charge in [0.05, 0.1) is 0 Å². The second-order valence-electron chi connectivity index (χ2n) is 8.44. The van der Waals surface area contributed by atoms with Gasteiger partial charge in [-0.1, -0.05) is 32.4 Å². The summed E-state index contributed by atoms with van der Waals surface area (Å²) in [5, 5.41) is 6.54. The number of rotatable bonds is 6. The average molecular weight is 325 g/mol. The average Bonchev–Trinajstić information content (AvgIpc) is 2.34. The molecule has 23 heavy (non-hydrogen) atoms. The van der Waals surface area contributed by atoms with Gasteiger partial charge in [-0.25, -0.2) is 4.79 Å². The highest BCUT2D eigenvalue weighted by Crippen LogP contribution is 2.27. The quantitative estimate of drug-likeness (QED) is 0.723. The Morgan fingerprint density at radius 3 is 2.57 bits per heavy atom. The molecule has 0 fully saturated rings. The van der Waals surface area contributed by atoms with Gasteiger partial charge in [-0.15, -0.1) is 0 Å². The molecule has 1 aliphatic rings. The van der Waals surface area contributed by atoms with Crippen LogP contribution in [0.3, 0.4) is 0 Å². The molecule has 0 aromatic heterocycles. The van der Waals surface area contributed by atoms with Gasteiger partial charge in [-0.05, 0) is 64.8 Å². The molecule has 0 bridgehead atoms. The van der Waals surface area contributed by atoms with Gasteiger partial charge in [0.25, 0.3) is 0 Å². The lowest BCUT2D eigenvalue weighted by Gasteiger charge is -2.30. The molecule has 0 spiro atoms. The molecule has 0 aromatic rings. The molecule has 1 amide bonds.